The number of ether oxygens (including phenoxy) is 3. The molecular formula is C20H29NO6. The minimum Gasteiger partial charge on any atom is -0.494 e. The van der Waals surface area contributed by atoms with E-state index in [9.17, 15) is 14.4 Å². The Labute approximate surface area is 160 Å². The highest BCUT2D eigenvalue weighted by Crippen LogP contribution is 2.14. The first-order chi connectivity index (χ1) is 12.6. The fourth-order valence-corrected chi connectivity index (χ4v) is 2.16. The molecule has 0 unspecified atom stereocenters. The molecule has 0 aliphatic heterocycles. The number of amides is 1. The van der Waals surface area contributed by atoms with E-state index in [1.807, 2.05) is 6.92 Å². The predicted octanol–water partition coefficient (Wildman–Crippen LogP) is 3.50. The van der Waals surface area contributed by atoms with Gasteiger partial charge in [0.05, 0.1) is 6.61 Å². The van der Waals surface area contributed by atoms with Crippen LogP contribution < -0.4 is 10.1 Å². The van der Waals surface area contributed by atoms with E-state index in [2.05, 4.69) is 5.32 Å². The molecule has 1 N–H and O–H groups in total. The summed E-state index contributed by atoms with van der Waals surface area (Å²) < 4.78 is 15.6. The van der Waals surface area contributed by atoms with Crippen LogP contribution in [0.4, 0.5) is 4.79 Å². The molecule has 0 aliphatic rings. The van der Waals surface area contributed by atoms with Crippen LogP contribution in [0.15, 0.2) is 24.3 Å². The van der Waals surface area contributed by atoms with Gasteiger partial charge in [0.25, 0.3) is 0 Å². The Kier molecular flexibility index (Phi) is 8.78. The van der Waals surface area contributed by atoms with Gasteiger partial charge in [0.1, 0.15) is 11.4 Å². The third-order valence-electron chi connectivity index (χ3n) is 3.35. The molecule has 150 valence electrons. The number of hydrogen-bond acceptors (Lipinski definition) is 6. The Morgan fingerprint density at radius 1 is 1.11 bits per heavy atom. The number of rotatable bonds is 9. The van der Waals surface area contributed by atoms with Crippen LogP contribution in [0.2, 0.25) is 0 Å². The maximum Gasteiger partial charge on any atom is 0.407 e. The number of carbonyl (C=O) groups is 3. The molecule has 1 amide bonds. The molecule has 27 heavy (non-hydrogen) atoms. The van der Waals surface area contributed by atoms with Crippen molar-refractivity contribution in [3.63, 3.8) is 0 Å². The van der Waals surface area contributed by atoms with Gasteiger partial charge in [0.2, 0.25) is 5.78 Å². The fraction of sp³-hybridized carbons (Fsp3) is 0.550. The van der Waals surface area contributed by atoms with E-state index in [0.29, 0.717) is 24.3 Å². The SMILES string of the molecule is CCOc1ccc(C(=O)[C@H](C)OC(=O)CCCNC(=O)OC(C)(C)C)cc1. The van der Waals surface area contributed by atoms with Gasteiger partial charge in [-0.05, 0) is 65.3 Å². The van der Waals surface area contributed by atoms with Crippen LogP contribution in [-0.2, 0) is 14.3 Å². The topological polar surface area (TPSA) is 90.9 Å². The number of ketones is 1. The van der Waals surface area contributed by atoms with E-state index in [0.717, 1.165) is 0 Å². The third kappa shape index (κ3) is 9.08. The minimum absolute atomic E-state index is 0.0939. The van der Waals surface area contributed by atoms with Gasteiger partial charge < -0.3 is 19.5 Å². The lowest BCUT2D eigenvalue weighted by atomic mass is 10.1. The van der Waals surface area contributed by atoms with Crippen molar-refractivity contribution in [1.29, 1.82) is 0 Å². The Bertz CT molecular complexity index is 633. The first-order valence-electron chi connectivity index (χ1n) is 9.05. The smallest absolute Gasteiger partial charge is 0.407 e. The van der Waals surface area contributed by atoms with Crippen LogP contribution in [0.5, 0.6) is 5.75 Å². The zero-order valence-corrected chi connectivity index (χ0v) is 16.7. The van der Waals surface area contributed by atoms with E-state index in [4.69, 9.17) is 14.2 Å². The number of nitrogens with one attached hydrogen (secondary N) is 1. The number of alkyl carbamates (subject to hydrolysis) is 1. The molecule has 0 saturated carbocycles. The molecule has 1 aromatic rings. The highest BCUT2D eigenvalue weighted by Gasteiger charge is 2.20. The predicted molar refractivity (Wildman–Crippen MR) is 101 cm³/mol. The van der Waals surface area contributed by atoms with Crippen LogP contribution in [-0.4, -0.2) is 42.7 Å². The Morgan fingerprint density at radius 3 is 2.30 bits per heavy atom. The lowest BCUT2D eigenvalue weighted by Crippen LogP contribution is -2.33. The number of esters is 1. The molecule has 7 heteroatoms. The number of benzene rings is 1. The summed E-state index contributed by atoms with van der Waals surface area (Å²) in [5, 5.41) is 2.56. The maximum atomic E-state index is 12.3. The Balaban J connectivity index is 2.34. The summed E-state index contributed by atoms with van der Waals surface area (Å²) in [6.45, 7) is 9.56. The van der Waals surface area contributed by atoms with Gasteiger partial charge in [0, 0.05) is 18.5 Å². The number of carbonyl (C=O) groups excluding carboxylic acids is 3. The second-order valence-corrected chi connectivity index (χ2v) is 6.99. The highest BCUT2D eigenvalue weighted by molar-refractivity contribution is 6.00. The quantitative estimate of drug-likeness (QED) is 0.401. The molecule has 0 saturated heterocycles. The lowest BCUT2D eigenvalue weighted by Gasteiger charge is -2.19. The average molecular weight is 379 g/mol. The fourth-order valence-electron chi connectivity index (χ4n) is 2.16. The summed E-state index contributed by atoms with van der Waals surface area (Å²) in [4.78, 5) is 35.7. The van der Waals surface area contributed by atoms with Crippen molar-refractivity contribution in [3.05, 3.63) is 29.8 Å². The molecular weight excluding hydrogens is 350 g/mol. The highest BCUT2D eigenvalue weighted by atomic mass is 16.6. The van der Waals surface area contributed by atoms with Crippen LogP contribution in [0.3, 0.4) is 0 Å². The van der Waals surface area contributed by atoms with E-state index >= 15 is 0 Å². The van der Waals surface area contributed by atoms with E-state index in [1.165, 1.54) is 6.92 Å². The number of hydrogen-bond donors (Lipinski definition) is 1. The minimum atomic E-state index is -0.880. The summed E-state index contributed by atoms with van der Waals surface area (Å²) >= 11 is 0. The standard InChI is InChI=1S/C20H29NO6/c1-6-25-16-11-9-15(10-12-16)18(23)14(2)26-17(22)8-7-13-21-19(24)27-20(3,4)5/h9-12,14H,6-8,13H2,1-5H3,(H,21,24)/t14-/m0/s1. The van der Waals surface area contributed by atoms with Gasteiger partial charge >= 0.3 is 12.1 Å². The van der Waals surface area contributed by atoms with Gasteiger partial charge in [0.15, 0.2) is 6.10 Å². The molecule has 1 rings (SSSR count). The first kappa shape index (κ1) is 22.5. The summed E-state index contributed by atoms with van der Waals surface area (Å²) in [6.07, 6.45) is -0.928. The van der Waals surface area contributed by atoms with Crippen molar-refractivity contribution in [2.24, 2.45) is 0 Å². The Hall–Kier alpha value is -2.57. The summed E-state index contributed by atoms with van der Waals surface area (Å²) in [5.74, 6) is -0.0951. The van der Waals surface area contributed by atoms with E-state index in [-0.39, 0.29) is 18.7 Å². The van der Waals surface area contributed by atoms with Crippen LogP contribution in [0.1, 0.15) is 57.8 Å². The molecule has 1 atom stereocenters. The molecule has 0 bridgehead atoms. The molecule has 0 aliphatic carbocycles. The molecule has 1 aromatic carbocycles. The molecule has 0 heterocycles. The normalized spacial score (nSPS) is 12.0. The zero-order valence-electron chi connectivity index (χ0n) is 16.7. The van der Waals surface area contributed by atoms with Crippen LogP contribution >= 0.6 is 0 Å². The lowest BCUT2D eigenvalue weighted by molar-refractivity contribution is -0.146. The van der Waals surface area contributed by atoms with Crippen molar-refractivity contribution >= 4 is 17.8 Å². The van der Waals surface area contributed by atoms with Crippen molar-refractivity contribution in [2.75, 3.05) is 13.2 Å². The monoisotopic (exact) mass is 379 g/mol. The zero-order chi connectivity index (χ0) is 20.4. The second-order valence-electron chi connectivity index (χ2n) is 6.99. The Morgan fingerprint density at radius 2 is 1.74 bits per heavy atom. The largest absolute Gasteiger partial charge is 0.494 e. The van der Waals surface area contributed by atoms with Gasteiger partial charge in [-0.3, -0.25) is 9.59 Å². The van der Waals surface area contributed by atoms with Crippen molar-refractivity contribution < 1.29 is 28.6 Å². The second kappa shape index (κ2) is 10.5. The number of Topliss-reactive ketones (excluding diaryl/α,β-unsaturated/α-hetero) is 1. The van der Waals surface area contributed by atoms with Gasteiger partial charge in [-0.25, -0.2) is 4.79 Å². The molecule has 0 fully saturated rings. The van der Waals surface area contributed by atoms with Crippen LogP contribution in [0, 0.1) is 0 Å². The summed E-state index contributed by atoms with van der Waals surface area (Å²) in [5.41, 5.74) is -0.120. The maximum absolute atomic E-state index is 12.3. The van der Waals surface area contributed by atoms with Crippen molar-refractivity contribution in [2.45, 2.75) is 59.2 Å². The summed E-state index contributed by atoms with van der Waals surface area (Å²) in [6, 6.07) is 6.69. The van der Waals surface area contributed by atoms with Crippen LogP contribution in [0.25, 0.3) is 0 Å². The van der Waals surface area contributed by atoms with Gasteiger partial charge in [-0.2, -0.15) is 0 Å². The van der Waals surface area contributed by atoms with Gasteiger partial charge in [-0.15, -0.1) is 0 Å². The molecule has 0 aromatic heterocycles. The van der Waals surface area contributed by atoms with Crippen molar-refractivity contribution in [3.8, 4) is 5.75 Å². The van der Waals surface area contributed by atoms with Crippen molar-refractivity contribution in [1.82, 2.24) is 5.32 Å². The summed E-state index contributed by atoms with van der Waals surface area (Å²) in [7, 11) is 0. The average Bonchev–Trinajstić information content (AvgIpc) is 2.57. The van der Waals surface area contributed by atoms with Gasteiger partial charge in [-0.1, -0.05) is 0 Å². The molecule has 0 spiro atoms. The van der Waals surface area contributed by atoms with E-state index < -0.39 is 23.8 Å². The molecule has 7 nitrogen and oxygen atoms in total. The third-order valence-corrected chi connectivity index (χ3v) is 3.35. The van der Waals surface area contributed by atoms with E-state index in [1.54, 1.807) is 45.0 Å². The first-order valence-corrected chi connectivity index (χ1v) is 9.05. The molecule has 0 radical (unpaired) electrons.